The van der Waals surface area contributed by atoms with Crippen molar-refractivity contribution in [2.45, 2.75) is 18.9 Å². The minimum atomic E-state index is 0. The summed E-state index contributed by atoms with van der Waals surface area (Å²) >= 11 is 3.61. The SMILES string of the molecule is Brc1ncccc1[C@@H](C1CC1)N1CCNCC1.Cl.Cl. The molecule has 2 fully saturated rings. The summed E-state index contributed by atoms with van der Waals surface area (Å²) in [5.74, 6) is 0.841. The van der Waals surface area contributed by atoms with Crippen molar-refractivity contribution in [1.29, 1.82) is 0 Å². The van der Waals surface area contributed by atoms with Crippen LogP contribution in [0.15, 0.2) is 22.9 Å². The molecule has 0 bridgehead atoms. The Morgan fingerprint density at radius 3 is 2.53 bits per heavy atom. The third-order valence-electron chi connectivity index (χ3n) is 3.72. The monoisotopic (exact) mass is 367 g/mol. The first-order valence-corrected chi connectivity index (χ1v) is 7.21. The predicted molar refractivity (Wildman–Crippen MR) is 86.3 cm³/mol. The number of hydrogen-bond acceptors (Lipinski definition) is 3. The van der Waals surface area contributed by atoms with Gasteiger partial charge in [-0.25, -0.2) is 4.98 Å². The second-order valence-electron chi connectivity index (χ2n) is 4.95. The van der Waals surface area contributed by atoms with Crippen LogP contribution in [0.3, 0.4) is 0 Å². The fraction of sp³-hybridized carbons (Fsp3) is 0.615. The van der Waals surface area contributed by atoms with E-state index < -0.39 is 0 Å². The second-order valence-corrected chi connectivity index (χ2v) is 5.70. The first-order chi connectivity index (χ1) is 8.36. The number of rotatable bonds is 3. The first kappa shape index (κ1) is 17.2. The van der Waals surface area contributed by atoms with Gasteiger partial charge in [0.25, 0.3) is 0 Å². The van der Waals surface area contributed by atoms with Gasteiger partial charge in [0.05, 0.1) is 0 Å². The molecular weight excluding hydrogens is 349 g/mol. The Labute approximate surface area is 135 Å². The highest BCUT2D eigenvalue weighted by atomic mass is 79.9. The minimum absolute atomic E-state index is 0. The van der Waals surface area contributed by atoms with Gasteiger partial charge in [-0.2, -0.15) is 0 Å². The molecule has 1 aromatic heterocycles. The number of hydrogen-bond donors (Lipinski definition) is 1. The van der Waals surface area contributed by atoms with Crippen LogP contribution < -0.4 is 5.32 Å². The Kier molecular flexibility index (Phi) is 7.05. The quantitative estimate of drug-likeness (QED) is 0.831. The molecule has 1 aliphatic heterocycles. The molecule has 2 aliphatic rings. The van der Waals surface area contributed by atoms with Crippen molar-refractivity contribution in [3.05, 3.63) is 28.5 Å². The summed E-state index contributed by atoms with van der Waals surface area (Å²) < 4.78 is 1.02. The van der Waals surface area contributed by atoms with E-state index in [9.17, 15) is 0 Å². The molecule has 3 rings (SSSR count). The van der Waals surface area contributed by atoms with Crippen molar-refractivity contribution in [1.82, 2.24) is 15.2 Å². The lowest BCUT2D eigenvalue weighted by atomic mass is 10.0. The van der Waals surface area contributed by atoms with Crippen molar-refractivity contribution in [2.24, 2.45) is 5.92 Å². The molecular formula is C13H20BrCl2N3. The normalized spacial score (nSPS) is 21.1. The zero-order valence-electron chi connectivity index (χ0n) is 10.7. The fourth-order valence-corrected chi connectivity index (χ4v) is 3.23. The Morgan fingerprint density at radius 1 is 1.26 bits per heavy atom. The number of piperazine rings is 1. The van der Waals surface area contributed by atoms with Crippen molar-refractivity contribution in [2.75, 3.05) is 26.2 Å². The average molecular weight is 369 g/mol. The minimum Gasteiger partial charge on any atom is -0.314 e. The average Bonchev–Trinajstić information content (AvgIpc) is 3.18. The summed E-state index contributed by atoms with van der Waals surface area (Å²) in [7, 11) is 0. The molecule has 1 saturated heterocycles. The van der Waals surface area contributed by atoms with Gasteiger partial charge in [0, 0.05) is 44.0 Å². The van der Waals surface area contributed by atoms with Crippen molar-refractivity contribution in [3.8, 4) is 0 Å². The maximum Gasteiger partial charge on any atom is 0.110 e. The Hall–Kier alpha value is 0.130. The van der Waals surface area contributed by atoms with E-state index in [1.807, 2.05) is 6.20 Å². The van der Waals surface area contributed by atoms with E-state index in [0.717, 1.165) is 36.7 Å². The van der Waals surface area contributed by atoms with Gasteiger partial charge in [-0.3, -0.25) is 4.90 Å². The topological polar surface area (TPSA) is 28.2 Å². The molecule has 0 amide bonds. The molecule has 6 heteroatoms. The summed E-state index contributed by atoms with van der Waals surface area (Å²) in [5, 5.41) is 3.43. The maximum atomic E-state index is 4.38. The molecule has 1 aliphatic carbocycles. The Balaban J connectivity index is 0.000000902. The molecule has 1 saturated carbocycles. The van der Waals surface area contributed by atoms with Crippen LogP contribution in [0.25, 0.3) is 0 Å². The van der Waals surface area contributed by atoms with Crippen molar-refractivity contribution < 1.29 is 0 Å². The highest BCUT2D eigenvalue weighted by Crippen LogP contribution is 2.45. The van der Waals surface area contributed by atoms with E-state index in [4.69, 9.17) is 0 Å². The van der Waals surface area contributed by atoms with E-state index in [-0.39, 0.29) is 24.8 Å². The van der Waals surface area contributed by atoms with Crippen LogP contribution in [-0.4, -0.2) is 36.1 Å². The molecule has 0 unspecified atom stereocenters. The van der Waals surface area contributed by atoms with Crippen LogP contribution in [0.5, 0.6) is 0 Å². The number of aromatic nitrogens is 1. The highest BCUT2D eigenvalue weighted by Gasteiger charge is 2.37. The zero-order chi connectivity index (χ0) is 11.7. The molecule has 108 valence electrons. The van der Waals surface area contributed by atoms with Gasteiger partial charge in [-0.05, 0) is 40.8 Å². The molecule has 3 nitrogen and oxygen atoms in total. The summed E-state index contributed by atoms with van der Waals surface area (Å²) in [5.41, 5.74) is 1.37. The van der Waals surface area contributed by atoms with Crippen LogP contribution in [0.1, 0.15) is 24.4 Å². The van der Waals surface area contributed by atoms with Gasteiger partial charge in [0.2, 0.25) is 0 Å². The van der Waals surface area contributed by atoms with Crippen molar-refractivity contribution >= 4 is 40.7 Å². The Morgan fingerprint density at radius 2 is 1.95 bits per heavy atom. The van der Waals surface area contributed by atoms with E-state index in [0.29, 0.717) is 6.04 Å². The van der Waals surface area contributed by atoms with Gasteiger partial charge in [0.1, 0.15) is 4.60 Å². The van der Waals surface area contributed by atoms with E-state index in [1.54, 1.807) is 0 Å². The third-order valence-corrected chi connectivity index (χ3v) is 4.38. The molecule has 0 spiro atoms. The van der Waals surface area contributed by atoms with Gasteiger partial charge in [-0.1, -0.05) is 6.07 Å². The molecule has 0 aromatic carbocycles. The molecule has 2 heterocycles. The number of nitrogens with one attached hydrogen (secondary N) is 1. The number of pyridine rings is 1. The molecule has 19 heavy (non-hydrogen) atoms. The number of halogens is 3. The molecule has 1 N–H and O–H groups in total. The summed E-state index contributed by atoms with van der Waals surface area (Å²) in [4.78, 5) is 7.00. The van der Waals surface area contributed by atoms with Crippen LogP contribution in [-0.2, 0) is 0 Å². The van der Waals surface area contributed by atoms with E-state index in [2.05, 4.69) is 43.3 Å². The van der Waals surface area contributed by atoms with Crippen molar-refractivity contribution in [3.63, 3.8) is 0 Å². The standard InChI is InChI=1S/C13H18BrN3.2ClH/c14-13-11(2-1-5-16-13)12(10-3-4-10)17-8-6-15-7-9-17;;/h1-2,5,10,12,15H,3-4,6-9H2;2*1H/t12-;;/m1../s1. The summed E-state index contributed by atoms with van der Waals surface area (Å²) in [6.45, 7) is 4.53. The first-order valence-electron chi connectivity index (χ1n) is 6.41. The maximum absolute atomic E-state index is 4.38. The van der Waals surface area contributed by atoms with Gasteiger partial charge in [-0.15, -0.1) is 24.8 Å². The van der Waals surface area contributed by atoms with E-state index >= 15 is 0 Å². The lowest BCUT2D eigenvalue weighted by Crippen LogP contribution is -2.45. The highest BCUT2D eigenvalue weighted by molar-refractivity contribution is 9.10. The van der Waals surface area contributed by atoms with Crippen LogP contribution in [0.2, 0.25) is 0 Å². The van der Waals surface area contributed by atoms with Crippen LogP contribution in [0.4, 0.5) is 0 Å². The fourth-order valence-electron chi connectivity index (χ4n) is 2.74. The van der Waals surface area contributed by atoms with Gasteiger partial charge >= 0.3 is 0 Å². The smallest absolute Gasteiger partial charge is 0.110 e. The van der Waals surface area contributed by atoms with Crippen LogP contribution in [0, 0.1) is 5.92 Å². The van der Waals surface area contributed by atoms with E-state index in [1.165, 1.54) is 18.4 Å². The zero-order valence-corrected chi connectivity index (χ0v) is 13.9. The molecule has 1 atom stereocenters. The lowest BCUT2D eigenvalue weighted by Gasteiger charge is -2.35. The second kappa shape index (κ2) is 7.79. The third kappa shape index (κ3) is 4.05. The van der Waals surface area contributed by atoms with Gasteiger partial charge in [0.15, 0.2) is 0 Å². The van der Waals surface area contributed by atoms with Gasteiger partial charge < -0.3 is 5.32 Å². The summed E-state index contributed by atoms with van der Waals surface area (Å²) in [6, 6.07) is 4.85. The largest absolute Gasteiger partial charge is 0.314 e. The number of nitrogens with zero attached hydrogens (tertiary/aromatic N) is 2. The summed E-state index contributed by atoms with van der Waals surface area (Å²) in [6.07, 6.45) is 4.60. The predicted octanol–water partition coefficient (Wildman–Crippen LogP) is 3.04. The molecule has 0 radical (unpaired) electrons. The Bertz CT molecular complexity index is 395. The lowest BCUT2D eigenvalue weighted by molar-refractivity contribution is 0.155. The van der Waals surface area contributed by atoms with Crippen LogP contribution >= 0.6 is 40.7 Å². The molecule has 1 aromatic rings.